The molecule has 8 heteroatoms. The van der Waals surface area contributed by atoms with Crippen LogP contribution < -0.4 is 9.64 Å². The zero-order chi connectivity index (χ0) is 21.4. The number of aryl methyl sites for hydroxylation is 1. The lowest BCUT2D eigenvalue weighted by Gasteiger charge is -2.15. The minimum atomic E-state index is -0.234. The van der Waals surface area contributed by atoms with Gasteiger partial charge in [-0.3, -0.25) is 9.69 Å². The summed E-state index contributed by atoms with van der Waals surface area (Å²) in [6.07, 6.45) is 1.68. The Morgan fingerprint density at radius 3 is 2.60 bits per heavy atom. The van der Waals surface area contributed by atoms with Crippen LogP contribution in [0.2, 0.25) is 10.0 Å². The van der Waals surface area contributed by atoms with E-state index in [9.17, 15) is 4.79 Å². The number of methoxy groups -OCH3 is 1. The lowest BCUT2D eigenvalue weighted by molar-refractivity contribution is -0.113. The van der Waals surface area contributed by atoms with Crippen molar-refractivity contribution >= 4 is 69.2 Å². The first-order chi connectivity index (χ1) is 14.4. The molecule has 2 heterocycles. The second-order valence-electron chi connectivity index (χ2n) is 6.50. The van der Waals surface area contributed by atoms with Gasteiger partial charge in [-0.25, -0.2) is 0 Å². The van der Waals surface area contributed by atoms with Crippen LogP contribution in [-0.4, -0.2) is 17.3 Å². The number of thioether (sulfide) groups is 1. The molecule has 0 saturated carbocycles. The smallest absolute Gasteiger partial charge is 0.270 e. The molecule has 0 aliphatic carbocycles. The number of hydrogen-bond acceptors (Lipinski definition) is 5. The molecule has 1 aliphatic rings. The summed E-state index contributed by atoms with van der Waals surface area (Å²) in [7, 11) is 1.53. The Morgan fingerprint density at radius 2 is 1.90 bits per heavy atom. The number of furan rings is 1. The molecule has 0 N–H and O–H groups in total. The van der Waals surface area contributed by atoms with Gasteiger partial charge in [-0.05, 0) is 48.9 Å². The standard InChI is InChI=1S/C22H15Cl2NO3S2/c1-12-3-4-13(9-16(12)23)18-8-6-15(28-18)11-20-21(26)25(22(29)30-20)14-5-7-19(27-2)17(24)10-14/h3-11H,1-2H3/b20-11-. The predicted molar refractivity (Wildman–Crippen MR) is 128 cm³/mol. The highest BCUT2D eigenvalue weighted by molar-refractivity contribution is 8.27. The minimum Gasteiger partial charge on any atom is -0.495 e. The number of halogens is 2. The highest BCUT2D eigenvalue weighted by atomic mass is 35.5. The minimum absolute atomic E-state index is 0.234. The molecule has 2 aromatic carbocycles. The fourth-order valence-corrected chi connectivity index (χ4v) is 4.66. The first-order valence-electron chi connectivity index (χ1n) is 8.85. The first kappa shape index (κ1) is 21.0. The molecule has 1 aromatic heterocycles. The van der Waals surface area contributed by atoms with Gasteiger partial charge in [0.05, 0.1) is 22.7 Å². The van der Waals surface area contributed by atoms with Crippen molar-refractivity contribution in [1.82, 2.24) is 0 Å². The number of hydrogen-bond donors (Lipinski definition) is 0. The molecule has 1 fully saturated rings. The number of benzene rings is 2. The van der Waals surface area contributed by atoms with Crippen molar-refractivity contribution in [3.8, 4) is 17.1 Å². The Hall–Kier alpha value is -2.25. The fourth-order valence-electron chi connectivity index (χ4n) is 2.95. The third-order valence-corrected chi connectivity index (χ3v) is 6.55. The molecule has 1 aliphatic heterocycles. The summed E-state index contributed by atoms with van der Waals surface area (Å²) in [6.45, 7) is 1.94. The van der Waals surface area contributed by atoms with E-state index in [-0.39, 0.29) is 5.91 Å². The van der Waals surface area contributed by atoms with E-state index in [2.05, 4.69) is 0 Å². The number of carbonyl (C=O) groups is 1. The number of carbonyl (C=O) groups excluding carboxylic acids is 1. The third kappa shape index (κ3) is 4.01. The topological polar surface area (TPSA) is 42.7 Å². The summed E-state index contributed by atoms with van der Waals surface area (Å²) in [4.78, 5) is 14.9. The van der Waals surface area contributed by atoms with Gasteiger partial charge in [-0.15, -0.1) is 0 Å². The summed E-state index contributed by atoms with van der Waals surface area (Å²) in [5.74, 6) is 1.51. The lowest BCUT2D eigenvalue weighted by atomic mass is 10.1. The van der Waals surface area contributed by atoms with E-state index in [1.54, 1.807) is 30.3 Å². The van der Waals surface area contributed by atoms with Crippen LogP contribution in [0.3, 0.4) is 0 Å². The predicted octanol–water partition coefficient (Wildman–Crippen LogP) is 6.98. The van der Waals surface area contributed by atoms with Crippen molar-refractivity contribution in [2.45, 2.75) is 6.92 Å². The van der Waals surface area contributed by atoms with Crippen LogP contribution in [0.4, 0.5) is 5.69 Å². The molecular weight excluding hydrogens is 461 g/mol. The molecule has 0 unspecified atom stereocenters. The normalized spacial score (nSPS) is 15.3. The van der Waals surface area contributed by atoms with Gasteiger partial charge in [-0.2, -0.15) is 0 Å². The summed E-state index contributed by atoms with van der Waals surface area (Å²) in [5.41, 5.74) is 2.45. The van der Waals surface area contributed by atoms with Gasteiger partial charge in [0, 0.05) is 16.7 Å². The van der Waals surface area contributed by atoms with Crippen molar-refractivity contribution in [1.29, 1.82) is 0 Å². The lowest BCUT2D eigenvalue weighted by Crippen LogP contribution is -2.27. The van der Waals surface area contributed by atoms with E-state index in [4.69, 9.17) is 44.6 Å². The Labute approximate surface area is 193 Å². The number of ether oxygens (including phenoxy) is 1. The van der Waals surface area contributed by atoms with Crippen LogP contribution in [0.25, 0.3) is 17.4 Å². The number of thiocarbonyl (C=S) groups is 1. The molecule has 0 spiro atoms. The summed E-state index contributed by atoms with van der Waals surface area (Å²) < 4.78 is 11.5. The largest absolute Gasteiger partial charge is 0.495 e. The van der Waals surface area contributed by atoms with Crippen molar-refractivity contribution in [3.63, 3.8) is 0 Å². The van der Waals surface area contributed by atoms with Gasteiger partial charge in [0.15, 0.2) is 4.32 Å². The van der Waals surface area contributed by atoms with Crippen molar-refractivity contribution in [2.24, 2.45) is 0 Å². The van der Waals surface area contributed by atoms with E-state index in [1.807, 2.05) is 31.2 Å². The van der Waals surface area contributed by atoms with Gasteiger partial charge < -0.3 is 9.15 Å². The van der Waals surface area contributed by atoms with Gasteiger partial charge >= 0.3 is 0 Å². The summed E-state index contributed by atoms with van der Waals surface area (Å²) in [6, 6.07) is 14.5. The van der Waals surface area contributed by atoms with E-state index in [0.717, 1.165) is 11.1 Å². The second kappa shape index (κ2) is 8.47. The number of amides is 1. The SMILES string of the molecule is COc1ccc(N2C(=O)/C(=C/c3ccc(-c4ccc(C)c(Cl)c4)o3)SC2=S)cc1Cl. The molecule has 1 saturated heterocycles. The zero-order valence-corrected chi connectivity index (χ0v) is 19.1. The van der Waals surface area contributed by atoms with Gasteiger partial charge in [0.25, 0.3) is 5.91 Å². The van der Waals surface area contributed by atoms with Gasteiger partial charge in [0.1, 0.15) is 17.3 Å². The highest BCUT2D eigenvalue weighted by Crippen LogP contribution is 2.39. The van der Waals surface area contributed by atoms with Crippen molar-refractivity contribution in [2.75, 3.05) is 12.0 Å². The molecule has 4 nitrogen and oxygen atoms in total. The molecule has 3 aromatic rings. The molecule has 1 amide bonds. The van der Waals surface area contributed by atoms with E-state index < -0.39 is 0 Å². The van der Waals surface area contributed by atoms with Crippen LogP contribution in [-0.2, 0) is 4.79 Å². The Bertz CT molecular complexity index is 1200. The summed E-state index contributed by atoms with van der Waals surface area (Å²) >= 11 is 19.0. The van der Waals surface area contributed by atoms with Crippen LogP contribution in [0.15, 0.2) is 57.9 Å². The number of nitrogens with zero attached hydrogens (tertiary/aromatic N) is 1. The van der Waals surface area contributed by atoms with E-state index in [1.165, 1.54) is 23.8 Å². The Kier molecular flexibility index (Phi) is 5.93. The van der Waals surface area contributed by atoms with E-state index in [0.29, 0.717) is 42.2 Å². The van der Waals surface area contributed by atoms with Crippen LogP contribution >= 0.6 is 47.2 Å². The van der Waals surface area contributed by atoms with Gasteiger partial charge in [0.2, 0.25) is 0 Å². The van der Waals surface area contributed by atoms with Crippen LogP contribution in [0.5, 0.6) is 5.75 Å². The van der Waals surface area contributed by atoms with Crippen molar-refractivity contribution in [3.05, 3.63) is 74.8 Å². The first-order valence-corrected chi connectivity index (χ1v) is 10.8. The van der Waals surface area contributed by atoms with Crippen LogP contribution in [0.1, 0.15) is 11.3 Å². The maximum atomic E-state index is 13.0. The van der Waals surface area contributed by atoms with Crippen LogP contribution in [0, 0.1) is 6.92 Å². The maximum Gasteiger partial charge on any atom is 0.270 e. The summed E-state index contributed by atoms with van der Waals surface area (Å²) in [5, 5.41) is 1.07. The molecule has 0 bridgehead atoms. The highest BCUT2D eigenvalue weighted by Gasteiger charge is 2.34. The zero-order valence-electron chi connectivity index (χ0n) is 15.9. The Morgan fingerprint density at radius 1 is 1.10 bits per heavy atom. The van der Waals surface area contributed by atoms with Crippen molar-refractivity contribution < 1.29 is 13.9 Å². The number of anilines is 1. The second-order valence-corrected chi connectivity index (χ2v) is 8.99. The molecule has 0 radical (unpaired) electrons. The molecule has 0 atom stereocenters. The average Bonchev–Trinajstić information content (AvgIpc) is 3.28. The number of rotatable bonds is 4. The molecule has 30 heavy (non-hydrogen) atoms. The fraction of sp³-hybridized carbons (Fsp3) is 0.0909. The molecule has 4 rings (SSSR count). The molecular formula is C22H15Cl2NO3S2. The monoisotopic (exact) mass is 475 g/mol. The Balaban J connectivity index is 1.60. The quantitative estimate of drug-likeness (QED) is 0.300. The van der Waals surface area contributed by atoms with Gasteiger partial charge in [-0.1, -0.05) is 59.3 Å². The average molecular weight is 476 g/mol. The molecule has 152 valence electrons. The third-order valence-electron chi connectivity index (χ3n) is 4.54. The van der Waals surface area contributed by atoms with E-state index >= 15 is 0 Å². The maximum absolute atomic E-state index is 13.0.